The van der Waals surface area contributed by atoms with Gasteiger partial charge in [0.2, 0.25) is 0 Å². The number of H-pyrrole nitrogens is 1. The molecule has 0 spiro atoms. The molecule has 4 aromatic rings. The van der Waals surface area contributed by atoms with E-state index in [9.17, 15) is 18.8 Å². The highest BCUT2D eigenvalue weighted by Crippen LogP contribution is 2.34. The van der Waals surface area contributed by atoms with Crippen LogP contribution in [-0.2, 0) is 33.7 Å². The van der Waals surface area contributed by atoms with Gasteiger partial charge in [0.1, 0.15) is 23.2 Å². The summed E-state index contributed by atoms with van der Waals surface area (Å²) < 4.78 is 30.7. The molecular weight excluding hydrogens is 503 g/mol. The topological polar surface area (TPSA) is 102 Å². The minimum atomic E-state index is -0.962. The largest absolute Gasteiger partial charge is 0.480 e. The lowest BCUT2D eigenvalue weighted by molar-refractivity contribution is -0.156. The molecule has 0 radical (unpaired) electrons. The molecule has 3 heterocycles. The van der Waals surface area contributed by atoms with Crippen molar-refractivity contribution in [3.8, 4) is 5.75 Å². The van der Waals surface area contributed by atoms with Crippen molar-refractivity contribution in [2.75, 3.05) is 7.11 Å². The van der Waals surface area contributed by atoms with Crippen LogP contribution in [0.1, 0.15) is 49.1 Å². The molecule has 0 unspecified atom stereocenters. The number of carbonyl (C=O) groups excluding carboxylic acids is 2. The summed E-state index contributed by atoms with van der Waals surface area (Å²) in [5.41, 5.74) is 3.85. The van der Waals surface area contributed by atoms with Crippen LogP contribution in [0.15, 0.2) is 45.6 Å². The van der Waals surface area contributed by atoms with Gasteiger partial charge in [0.05, 0.1) is 19.0 Å². The van der Waals surface area contributed by atoms with Gasteiger partial charge in [-0.15, -0.1) is 0 Å². The average molecular weight is 535 g/mol. The normalized spacial score (nSPS) is 15.8. The molecule has 2 aromatic carbocycles. The Bertz CT molecular complexity index is 1640. The van der Waals surface area contributed by atoms with Gasteiger partial charge in [-0.05, 0) is 73.7 Å². The second-order valence-electron chi connectivity index (χ2n) is 10.1. The number of carbonyl (C=O) groups is 2. The summed E-state index contributed by atoms with van der Waals surface area (Å²) in [6, 6.07) is 8.62. The molecule has 1 aliphatic heterocycles. The molecule has 9 heteroatoms. The first-order valence-corrected chi connectivity index (χ1v) is 13.1. The number of hydrogen-bond acceptors (Lipinski definition) is 6. The van der Waals surface area contributed by atoms with Crippen LogP contribution >= 0.6 is 0 Å². The van der Waals surface area contributed by atoms with E-state index in [1.54, 1.807) is 19.1 Å². The number of nitrogens with one attached hydrogen (secondary N) is 1. The lowest BCUT2D eigenvalue weighted by Gasteiger charge is -2.35. The number of ether oxygens (including phenoxy) is 2. The molecule has 2 atom stereocenters. The van der Waals surface area contributed by atoms with Crippen molar-refractivity contribution in [2.45, 2.75) is 65.1 Å². The van der Waals surface area contributed by atoms with Crippen molar-refractivity contribution in [3.05, 3.63) is 75.0 Å². The summed E-state index contributed by atoms with van der Waals surface area (Å²) in [4.78, 5) is 43.5. The minimum absolute atomic E-state index is 0.114. The first-order chi connectivity index (χ1) is 18.7. The number of fused-ring (bicyclic) bond motifs is 4. The molecule has 0 bridgehead atoms. The smallest absolute Gasteiger partial charge is 0.336 e. The van der Waals surface area contributed by atoms with Gasteiger partial charge in [-0.3, -0.25) is 4.79 Å². The fourth-order valence-electron chi connectivity index (χ4n) is 5.41. The van der Waals surface area contributed by atoms with E-state index in [0.717, 1.165) is 40.7 Å². The molecule has 1 N–H and O–H groups in total. The number of amides is 1. The average Bonchev–Trinajstić information content (AvgIpc) is 3.26. The van der Waals surface area contributed by atoms with Crippen LogP contribution in [0.3, 0.4) is 0 Å². The third-order valence-electron chi connectivity index (χ3n) is 7.30. The number of esters is 1. The van der Waals surface area contributed by atoms with Gasteiger partial charge in [-0.2, -0.15) is 0 Å². The molecule has 0 aliphatic carbocycles. The maximum absolute atomic E-state index is 14.0. The van der Waals surface area contributed by atoms with Crippen LogP contribution in [0.4, 0.5) is 4.39 Å². The molecule has 204 valence electrons. The number of hydrogen-bond donors (Lipinski definition) is 1. The van der Waals surface area contributed by atoms with Gasteiger partial charge in [0.15, 0.2) is 6.10 Å². The number of benzene rings is 2. The van der Waals surface area contributed by atoms with Gasteiger partial charge in [-0.25, -0.2) is 14.0 Å². The SMILES string of the molecule is CCCCc1cc(=O)oc2cc(C)cc(O[C@H](C)C(=O)N3Cc4[nH]c5ccc(F)cc5c4C[C@H]3C(=O)OC)c12. The number of aryl methyl sites for hydroxylation is 2. The molecule has 0 saturated carbocycles. The molecule has 0 saturated heterocycles. The number of halogens is 1. The monoisotopic (exact) mass is 534 g/mol. The van der Waals surface area contributed by atoms with E-state index in [1.807, 2.05) is 13.0 Å². The van der Waals surface area contributed by atoms with Crippen molar-refractivity contribution in [2.24, 2.45) is 0 Å². The van der Waals surface area contributed by atoms with Crippen molar-refractivity contribution >= 4 is 33.7 Å². The maximum atomic E-state index is 14.0. The number of unbranched alkanes of at least 4 members (excludes halogenated alkanes) is 1. The van der Waals surface area contributed by atoms with Crippen LogP contribution in [0.5, 0.6) is 5.75 Å². The first kappa shape index (κ1) is 26.5. The summed E-state index contributed by atoms with van der Waals surface area (Å²) in [5, 5.41) is 1.35. The quantitative estimate of drug-likeness (QED) is 0.266. The van der Waals surface area contributed by atoms with E-state index in [-0.39, 0.29) is 18.8 Å². The second kappa shape index (κ2) is 10.6. The van der Waals surface area contributed by atoms with E-state index in [1.165, 1.54) is 30.2 Å². The van der Waals surface area contributed by atoms with Crippen LogP contribution in [0.25, 0.3) is 21.9 Å². The van der Waals surface area contributed by atoms with E-state index in [4.69, 9.17) is 13.9 Å². The van der Waals surface area contributed by atoms with Crippen LogP contribution in [0.2, 0.25) is 0 Å². The zero-order valence-electron chi connectivity index (χ0n) is 22.4. The van der Waals surface area contributed by atoms with Crippen LogP contribution in [0, 0.1) is 12.7 Å². The van der Waals surface area contributed by atoms with Gasteiger partial charge < -0.3 is 23.8 Å². The van der Waals surface area contributed by atoms with E-state index in [0.29, 0.717) is 28.5 Å². The lowest BCUT2D eigenvalue weighted by atomic mass is 9.96. The van der Waals surface area contributed by atoms with Gasteiger partial charge in [-0.1, -0.05) is 13.3 Å². The highest BCUT2D eigenvalue weighted by Gasteiger charge is 2.39. The first-order valence-electron chi connectivity index (χ1n) is 13.1. The summed E-state index contributed by atoms with van der Waals surface area (Å²) in [6.07, 6.45) is 1.72. The zero-order valence-corrected chi connectivity index (χ0v) is 22.4. The van der Waals surface area contributed by atoms with Crippen LogP contribution < -0.4 is 10.4 Å². The van der Waals surface area contributed by atoms with Gasteiger partial charge in [0, 0.05) is 29.1 Å². The number of aromatic amines is 1. The summed E-state index contributed by atoms with van der Waals surface area (Å²) in [7, 11) is 1.28. The maximum Gasteiger partial charge on any atom is 0.336 e. The number of rotatable bonds is 7. The Morgan fingerprint density at radius 1 is 1.23 bits per heavy atom. The highest BCUT2D eigenvalue weighted by molar-refractivity contribution is 5.92. The summed E-state index contributed by atoms with van der Waals surface area (Å²) >= 11 is 0. The van der Waals surface area contributed by atoms with Crippen molar-refractivity contribution in [3.63, 3.8) is 0 Å². The number of aromatic nitrogens is 1. The molecule has 1 aliphatic rings. The molecular formula is C30H31FN2O6. The van der Waals surface area contributed by atoms with Gasteiger partial charge >= 0.3 is 11.6 Å². The van der Waals surface area contributed by atoms with Crippen molar-refractivity contribution in [1.82, 2.24) is 9.88 Å². The molecule has 2 aromatic heterocycles. The zero-order chi connectivity index (χ0) is 27.8. The molecule has 1 amide bonds. The predicted molar refractivity (Wildman–Crippen MR) is 144 cm³/mol. The lowest BCUT2D eigenvalue weighted by Crippen LogP contribution is -2.52. The molecule has 39 heavy (non-hydrogen) atoms. The standard InChI is InChI=1S/C30H31FN2O6/c1-5-6-7-18-12-27(34)39-26-11-16(2)10-25(28(18)26)38-17(3)29(35)33-15-23-21(14-24(33)30(36)37-4)20-13-19(31)8-9-22(20)32-23/h8-13,17,24,32H,5-7,14-15H2,1-4H3/t17-,24+/m1/s1. The summed E-state index contributed by atoms with van der Waals surface area (Å²) in [5.74, 6) is -0.896. The Hall–Kier alpha value is -4.14. The fraction of sp³-hybridized carbons (Fsp3) is 0.367. The highest BCUT2D eigenvalue weighted by atomic mass is 19.1. The Kier molecular flexibility index (Phi) is 7.16. The predicted octanol–water partition coefficient (Wildman–Crippen LogP) is 4.96. The molecule has 5 rings (SSSR count). The number of nitrogens with zero attached hydrogens (tertiary/aromatic N) is 1. The summed E-state index contributed by atoms with van der Waals surface area (Å²) in [6.45, 7) is 5.67. The fourth-order valence-corrected chi connectivity index (χ4v) is 5.41. The van der Waals surface area contributed by atoms with Crippen molar-refractivity contribution in [1.29, 1.82) is 0 Å². The second-order valence-corrected chi connectivity index (χ2v) is 10.1. The molecule has 8 nitrogen and oxygen atoms in total. The van der Waals surface area contributed by atoms with E-state index < -0.39 is 29.6 Å². The van der Waals surface area contributed by atoms with Crippen molar-refractivity contribution < 1.29 is 27.9 Å². The van der Waals surface area contributed by atoms with Crippen LogP contribution in [-0.4, -0.2) is 41.0 Å². The Morgan fingerprint density at radius 2 is 2.03 bits per heavy atom. The van der Waals surface area contributed by atoms with Gasteiger partial charge in [0.25, 0.3) is 5.91 Å². The van der Waals surface area contributed by atoms with E-state index in [2.05, 4.69) is 11.9 Å². The Morgan fingerprint density at radius 3 is 2.77 bits per heavy atom. The minimum Gasteiger partial charge on any atom is -0.480 e. The third kappa shape index (κ3) is 5.01. The molecule has 0 fully saturated rings. The third-order valence-corrected chi connectivity index (χ3v) is 7.30. The van der Waals surface area contributed by atoms with E-state index >= 15 is 0 Å². The Balaban J connectivity index is 1.49. The Labute approximate surface area is 224 Å². The number of methoxy groups -OCH3 is 1.